The zero-order valence-electron chi connectivity index (χ0n) is 15.1. The summed E-state index contributed by atoms with van der Waals surface area (Å²) in [6.45, 7) is 8.90. The van der Waals surface area contributed by atoms with E-state index in [2.05, 4.69) is 26.5 Å². The third-order valence-corrected chi connectivity index (χ3v) is 5.59. The lowest BCUT2D eigenvalue weighted by atomic mass is 9.99. The highest BCUT2D eigenvalue weighted by molar-refractivity contribution is 6.30. The number of halogens is 1. The number of carbonyl (C=O) groups excluding carboxylic acids is 1. The molecule has 2 heterocycles. The van der Waals surface area contributed by atoms with Crippen LogP contribution in [0.5, 0.6) is 0 Å². The molecule has 0 saturated carbocycles. The zero-order chi connectivity index (χ0) is 17.7. The molecule has 3 rings (SSSR count). The van der Waals surface area contributed by atoms with Crippen LogP contribution in [-0.4, -0.2) is 62.2 Å². The van der Waals surface area contributed by atoms with Gasteiger partial charge in [0.05, 0.1) is 5.54 Å². The number of piperazine rings is 1. The molecule has 138 valence electrons. The lowest BCUT2D eigenvalue weighted by Crippen LogP contribution is -2.51. The summed E-state index contributed by atoms with van der Waals surface area (Å²) >= 11 is 6.08. The predicted molar refractivity (Wildman–Crippen MR) is 103 cm³/mol. The van der Waals surface area contributed by atoms with Gasteiger partial charge in [0.2, 0.25) is 5.91 Å². The first-order valence-corrected chi connectivity index (χ1v) is 9.71. The van der Waals surface area contributed by atoms with Gasteiger partial charge in [0.15, 0.2) is 0 Å². The second-order valence-corrected chi connectivity index (χ2v) is 7.72. The van der Waals surface area contributed by atoms with Gasteiger partial charge < -0.3 is 15.5 Å². The number of benzene rings is 1. The van der Waals surface area contributed by atoms with Gasteiger partial charge in [0.25, 0.3) is 0 Å². The molecule has 2 aliphatic rings. The van der Waals surface area contributed by atoms with Crippen molar-refractivity contribution in [2.75, 3.05) is 50.7 Å². The van der Waals surface area contributed by atoms with Gasteiger partial charge in [-0.25, -0.2) is 0 Å². The Kier molecular flexibility index (Phi) is 6.20. The molecule has 0 aromatic heterocycles. The molecule has 1 aromatic rings. The first-order chi connectivity index (χ1) is 12.1. The van der Waals surface area contributed by atoms with Crippen molar-refractivity contribution in [1.82, 2.24) is 15.5 Å². The lowest BCUT2D eigenvalue weighted by molar-refractivity contribution is -0.126. The number of hydrogen-bond acceptors (Lipinski definition) is 4. The number of nitrogens with one attached hydrogen (secondary N) is 2. The molecule has 1 aromatic carbocycles. The molecule has 2 aliphatic heterocycles. The highest BCUT2D eigenvalue weighted by Gasteiger charge is 2.35. The van der Waals surface area contributed by atoms with E-state index in [1.54, 1.807) is 0 Å². The Hall–Kier alpha value is -1.30. The molecular formula is C19H29ClN4O. The van der Waals surface area contributed by atoms with Crippen LogP contribution < -0.4 is 15.5 Å². The molecule has 5 nitrogen and oxygen atoms in total. The SMILES string of the molecule is CC1(C(=O)NCCCN2CCN(c3cccc(Cl)c3)CC2)CCCN1. The standard InChI is InChI=1S/C19H29ClN4O/c1-19(7-3-9-22-19)18(25)21-8-4-10-23-11-13-24(14-12-23)17-6-2-5-16(20)15-17/h2,5-6,15,22H,3-4,7-14H2,1H3,(H,21,25). The second kappa shape index (κ2) is 8.39. The molecule has 1 atom stereocenters. The lowest BCUT2D eigenvalue weighted by Gasteiger charge is -2.36. The first kappa shape index (κ1) is 18.5. The van der Waals surface area contributed by atoms with Crippen molar-refractivity contribution in [1.29, 1.82) is 0 Å². The van der Waals surface area contributed by atoms with Crippen LogP contribution in [0.1, 0.15) is 26.2 Å². The van der Waals surface area contributed by atoms with Crippen LogP contribution in [0.4, 0.5) is 5.69 Å². The Labute approximate surface area is 155 Å². The van der Waals surface area contributed by atoms with Crippen molar-refractivity contribution < 1.29 is 4.79 Å². The topological polar surface area (TPSA) is 47.6 Å². The predicted octanol–water partition coefficient (Wildman–Crippen LogP) is 2.11. The van der Waals surface area contributed by atoms with E-state index in [0.29, 0.717) is 0 Å². The molecule has 0 radical (unpaired) electrons. The smallest absolute Gasteiger partial charge is 0.240 e. The second-order valence-electron chi connectivity index (χ2n) is 7.28. The van der Waals surface area contributed by atoms with Gasteiger partial charge in [0.1, 0.15) is 0 Å². The van der Waals surface area contributed by atoms with Crippen LogP contribution in [0.25, 0.3) is 0 Å². The summed E-state index contributed by atoms with van der Waals surface area (Å²) in [5, 5.41) is 7.20. The van der Waals surface area contributed by atoms with Crippen LogP contribution in [-0.2, 0) is 4.79 Å². The summed E-state index contributed by atoms with van der Waals surface area (Å²) in [6.07, 6.45) is 3.02. The minimum Gasteiger partial charge on any atom is -0.369 e. The number of carbonyl (C=O) groups is 1. The molecule has 1 amide bonds. The van der Waals surface area contributed by atoms with Gasteiger partial charge in [-0.05, 0) is 57.5 Å². The molecular weight excluding hydrogens is 336 g/mol. The van der Waals surface area contributed by atoms with Crippen LogP contribution >= 0.6 is 11.6 Å². The largest absolute Gasteiger partial charge is 0.369 e. The maximum Gasteiger partial charge on any atom is 0.240 e. The molecule has 2 saturated heterocycles. The van der Waals surface area contributed by atoms with Crippen LogP contribution in [0.15, 0.2) is 24.3 Å². The van der Waals surface area contributed by atoms with E-state index in [0.717, 1.165) is 70.1 Å². The van der Waals surface area contributed by atoms with Crippen molar-refractivity contribution in [3.63, 3.8) is 0 Å². The molecule has 6 heteroatoms. The number of nitrogens with zero attached hydrogens (tertiary/aromatic N) is 2. The van der Waals surface area contributed by atoms with Gasteiger partial charge in [-0.2, -0.15) is 0 Å². The Balaban J connectivity index is 1.33. The third-order valence-electron chi connectivity index (χ3n) is 5.35. The normalized spacial score (nSPS) is 24.5. The number of anilines is 1. The average molecular weight is 365 g/mol. The van der Waals surface area contributed by atoms with E-state index in [-0.39, 0.29) is 11.4 Å². The van der Waals surface area contributed by atoms with Gasteiger partial charge in [-0.3, -0.25) is 9.69 Å². The summed E-state index contributed by atoms with van der Waals surface area (Å²) in [7, 11) is 0. The van der Waals surface area contributed by atoms with Crippen molar-refractivity contribution in [3.05, 3.63) is 29.3 Å². The fraction of sp³-hybridized carbons (Fsp3) is 0.632. The molecule has 2 N–H and O–H groups in total. The van der Waals surface area contributed by atoms with E-state index >= 15 is 0 Å². The van der Waals surface area contributed by atoms with Crippen molar-refractivity contribution in [2.45, 2.75) is 31.7 Å². The monoisotopic (exact) mass is 364 g/mol. The Morgan fingerprint density at radius 2 is 2.12 bits per heavy atom. The van der Waals surface area contributed by atoms with E-state index in [1.165, 1.54) is 5.69 Å². The maximum absolute atomic E-state index is 12.2. The van der Waals surface area contributed by atoms with Crippen LogP contribution in [0.2, 0.25) is 5.02 Å². The highest BCUT2D eigenvalue weighted by atomic mass is 35.5. The molecule has 2 fully saturated rings. The Morgan fingerprint density at radius 1 is 1.32 bits per heavy atom. The van der Waals surface area contributed by atoms with E-state index in [1.807, 2.05) is 25.1 Å². The Morgan fingerprint density at radius 3 is 2.80 bits per heavy atom. The van der Waals surface area contributed by atoms with E-state index < -0.39 is 0 Å². The van der Waals surface area contributed by atoms with Crippen molar-refractivity contribution >= 4 is 23.2 Å². The zero-order valence-corrected chi connectivity index (χ0v) is 15.8. The van der Waals surface area contributed by atoms with Crippen LogP contribution in [0.3, 0.4) is 0 Å². The number of amides is 1. The summed E-state index contributed by atoms with van der Waals surface area (Å²) in [6, 6.07) is 8.07. The fourth-order valence-corrected chi connectivity index (χ4v) is 3.88. The third kappa shape index (κ3) is 4.87. The van der Waals surface area contributed by atoms with Gasteiger partial charge in [-0.15, -0.1) is 0 Å². The van der Waals surface area contributed by atoms with Crippen LogP contribution in [0, 0.1) is 0 Å². The number of hydrogen-bond donors (Lipinski definition) is 2. The minimum atomic E-state index is -0.359. The average Bonchev–Trinajstić information content (AvgIpc) is 3.07. The Bertz CT molecular complexity index is 581. The summed E-state index contributed by atoms with van der Waals surface area (Å²) in [4.78, 5) is 17.1. The van der Waals surface area contributed by atoms with E-state index in [9.17, 15) is 4.79 Å². The van der Waals surface area contributed by atoms with E-state index in [4.69, 9.17) is 11.6 Å². The summed E-state index contributed by atoms with van der Waals surface area (Å²) in [5.41, 5.74) is 0.847. The molecule has 0 spiro atoms. The maximum atomic E-state index is 12.2. The van der Waals surface area contributed by atoms with Gasteiger partial charge in [-0.1, -0.05) is 17.7 Å². The fourth-order valence-electron chi connectivity index (χ4n) is 3.69. The molecule has 1 unspecified atom stereocenters. The molecule has 0 aliphatic carbocycles. The first-order valence-electron chi connectivity index (χ1n) is 9.33. The number of rotatable bonds is 6. The summed E-state index contributed by atoms with van der Waals surface area (Å²) in [5.74, 6) is 0.149. The van der Waals surface area contributed by atoms with Crippen molar-refractivity contribution in [3.8, 4) is 0 Å². The summed E-state index contributed by atoms with van der Waals surface area (Å²) < 4.78 is 0. The molecule has 0 bridgehead atoms. The molecule has 25 heavy (non-hydrogen) atoms. The van der Waals surface area contributed by atoms with Gasteiger partial charge >= 0.3 is 0 Å². The van der Waals surface area contributed by atoms with Crippen molar-refractivity contribution in [2.24, 2.45) is 0 Å². The highest BCUT2D eigenvalue weighted by Crippen LogP contribution is 2.21. The minimum absolute atomic E-state index is 0.149. The quantitative estimate of drug-likeness (QED) is 0.759. The van der Waals surface area contributed by atoms with Gasteiger partial charge in [0, 0.05) is 43.4 Å².